The Labute approximate surface area is 104 Å². The van der Waals surface area contributed by atoms with Crippen LogP contribution in [0.3, 0.4) is 0 Å². The van der Waals surface area contributed by atoms with Gasteiger partial charge in [-0.15, -0.1) is 0 Å². The summed E-state index contributed by atoms with van der Waals surface area (Å²) in [6, 6.07) is 4.65. The van der Waals surface area contributed by atoms with E-state index < -0.39 is 23.5 Å². The lowest BCUT2D eigenvalue weighted by molar-refractivity contribution is -0.384. The van der Waals surface area contributed by atoms with E-state index in [2.05, 4.69) is 5.32 Å². The molecule has 18 heavy (non-hydrogen) atoms. The quantitative estimate of drug-likeness (QED) is 0.445. The topological polar surface area (TPSA) is 102 Å². The monoisotopic (exact) mass is 254 g/mol. The fraction of sp³-hybridized carbons (Fsp3) is 0.364. The molecule has 0 spiro atoms. The van der Waals surface area contributed by atoms with Crippen molar-refractivity contribution in [2.24, 2.45) is 0 Å². The van der Waals surface area contributed by atoms with Crippen LogP contribution in [-0.4, -0.2) is 35.3 Å². The Morgan fingerprint density at radius 3 is 2.56 bits per heavy atom. The van der Waals surface area contributed by atoms with Crippen molar-refractivity contribution in [2.45, 2.75) is 13.0 Å². The van der Waals surface area contributed by atoms with Crippen molar-refractivity contribution in [3.05, 3.63) is 34.4 Å². The number of nitrogens with zero attached hydrogens (tertiary/aromatic N) is 1. The van der Waals surface area contributed by atoms with Gasteiger partial charge < -0.3 is 15.2 Å². The molecule has 7 nitrogen and oxygen atoms in total. The van der Waals surface area contributed by atoms with E-state index in [0.717, 1.165) is 0 Å². The molecule has 0 saturated heterocycles. The van der Waals surface area contributed by atoms with Gasteiger partial charge in [-0.05, 0) is 19.1 Å². The summed E-state index contributed by atoms with van der Waals surface area (Å²) < 4.78 is 4.76. The Morgan fingerprint density at radius 2 is 2.11 bits per heavy atom. The first-order chi connectivity index (χ1) is 8.58. The van der Waals surface area contributed by atoms with Gasteiger partial charge in [-0.25, -0.2) is 4.79 Å². The van der Waals surface area contributed by atoms with Crippen molar-refractivity contribution < 1.29 is 19.6 Å². The highest BCUT2D eigenvalue weighted by molar-refractivity contribution is 5.79. The summed E-state index contributed by atoms with van der Waals surface area (Å²) in [4.78, 5) is 21.3. The van der Waals surface area contributed by atoms with Crippen LogP contribution in [0.1, 0.15) is 6.92 Å². The van der Waals surface area contributed by atoms with E-state index >= 15 is 0 Å². The molecule has 0 aromatic heterocycles. The molecule has 1 aromatic carbocycles. The molecule has 0 saturated carbocycles. The molecule has 0 bridgehead atoms. The van der Waals surface area contributed by atoms with E-state index in [-0.39, 0.29) is 12.3 Å². The number of carbonyl (C=O) groups excluding carboxylic acids is 1. The number of hydrogen-bond donors (Lipinski definition) is 2. The van der Waals surface area contributed by atoms with Gasteiger partial charge >= 0.3 is 5.97 Å². The van der Waals surface area contributed by atoms with Gasteiger partial charge in [0, 0.05) is 17.8 Å². The van der Waals surface area contributed by atoms with Gasteiger partial charge in [0.2, 0.25) is 0 Å². The molecule has 98 valence electrons. The molecule has 7 heteroatoms. The number of aliphatic hydroxyl groups excluding tert-OH is 1. The lowest BCUT2D eigenvalue weighted by Gasteiger charge is -2.15. The second-order valence-electron chi connectivity index (χ2n) is 3.44. The van der Waals surface area contributed by atoms with Crippen molar-refractivity contribution >= 4 is 17.3 Å². The Balaban J connectivity index is 2.70. The average molecular weight is 254 g/mol. The van der Waals surface area contributed by atoms with Crippen LogP contribution in [0.15, 0.2) is 24.3 Å². The number of rotatable bonds is 6. The summed E-state index contributed by atoms with van der Waals surface area (Å²) in [5.41, 5.74) is 0.449. The number of nitro groups is 1. The van der Waals surface area contributed by atoms with Crippen LogP contribution in [0.25, 0.3) is 0 Å². The molecular formula is C11H14N2O5. The standard InChI is InChI=1S/C11H14N2O5/c1-2-18-11(15)10(7-14)12-8-3-5-9(6-4-8)13(16)17/h3-6,10,12,14H,2,7H2,1H3/t10-/m0/s1. The molecule has 0 fully saturated rings. The number of carbonyl (C=O) groups is 1. The smallest absolute Gasteiger partial charge is 0.330 e. The van der Waals surface area contributed by atoms with Gasteiger partial charge in [-0.3, -0.25) is 10.1 Å². The summed E-state index contributed by atoms with van der Waals surface area (Å²) >= 11 is 0. The summed E-state index contributed by atoms with van der Waals surface area (Å²) in [6.45, 7) is 1.46. The fourth-order valence-electron chi connectivity index (χ4n) is 1.30. The molecule has 1 atom stereocenters. The molecular weight excluding hydrogens is 240 g/mol. The van der Waals surface area contributed by atoms with Gasteiger partial charge in [0.1, 0.15) is 6.04 Å². The third kappa shape index (κ3) is 3.70. The van der Waals surface area contributed by atoms with Crippen molar-refractivity contribution in [2.75, 3.05) is 18.5 Å². The van der Waals surface area contributed by atoms with E-state index in [9.17, 15) is 14.9 Å². The maximum absolute atomic E-state index is 11.4. The largest absolute Gasteiger partial charge is 0.464 e. The molecule has 0 aliphatic rings. The van der Waals surface area contributed by atoms with Crippen LogP contribution >= 0.6 is 0 Å². The zero-order chi connectivity index (χ0) is 13.5. The number of nitro benzene ring substituents is 1. The molecule has 0 aliphatic carbocycles. The first-order valence-electron chi connectivity index (χ1n) is 5.37. The van der Waals surface area contributed by atoms with E-state index in [1.807, 2.05) is 0 Å². The minimum absolute atomic E-state index is 0.0442. The number of esters is 1. The highest BCUT2D eigenvalue weighted by Crippen LogP contribution is 2.16. The van der Waals surface area contributed by atoms with Gasteiger partial charge in [-0.2, -0.15) is 0 Å². The number of ether oxygens (including phenoxy) is 1. The Hall–Kier alpha value is -2.15. The molecule has 0 unspecified atom stereocenters. The van der Waals surface area contributed by atoms with Crippen molar-refractivity contribution in [1.29, 1.82) is 0 Å². The molecule has 1 aromatic rings. The maximum atomic E-state index is 11.4. The second kappa shape index (κ2) is 6.55. The first kappa shape index (κ1) is 13.9. The fourth-order valence-corrected chi connectivity index (χ4v) is 1.30. The third-order valence-corrected chi connectivity index (χ3v) is 2.17. The number of non-ortho nitro benzene ring substituents is 1. The van der Waals surface area contributed by atoms with Crippen molar-refractivity contribution in [1.82, 2.24) is 0 Å². The predicted octanol–water partition coefficient (Wildman–Crippen LogP) is 0.931. The Morgan fingerprint density at radius 1 is 1.50 bits per heavy atom. The summed E-state index contributed by atoms with van der Waals surface area (Å²) in [7, 11) is 0. The minimum atomic E-state index is -0.883. The van der Waals surface area contributed by atoms with Gasteiger partial charge in [0.25, 0.3) is 5.69 Å². The molecule has 0 aliphatic heterocycles. The highest BCUT2D eigenvalue weighted by atomic mass is 16.6. The number of nitrogens with one attached hydrogen (secondary N) is 1. The third-order valence-electron chi connectivity index (χ3n) is 2.17. The van der Waals surface area contributed by atoms with Crippen LogP contribution < -0.4 is 5.32 Å². The minimum Gasteiger partial charge on any atom is -0.464 e. The van der Waals surface area contributed by atoms with Gasteiger partial charge in [0.05, 0.1) is 18.1 Å². The van der Waals surface area contributed by atoms with Crippen molar-refractivity contribution in [3.63, 3.8) is 0 Å². The van der Waals surface area contributed by atoms with E-state index in [1.54, 1.807) is 6.92 Å². The van der Waals surface area contributed by atoms with Crippen LogP contribution in [0.2, 0.25) is 0 Å². The Kier molecular flexibility index (Phi) is 5.06. The summed E-state index contributed by atoms with van der Waals surface area (Å²) in [6.07, 6.45) is 0. The predicted molar refractivity (Wildman–Crippen MR) is 64.2 cm³/mol. The van der Waals surface area contributed by atoms with E-state index in [1.165, 1.54) is 24.3 Å². The van der Waals surface area contributed by atoms with Gasteiger partial charge in [-0.1, -0.05) is 0 Å². The average Bonchev–Trinajstić information content (AvgIpc) is 2.36. The van der Waals surface area contributed by atoms with Crippen LogP contribution in [0.5, 0.6) is 0 Å². The lowest BCUT2D eigenvalue weighted by atomic mass is 10.2. The van der Waals surface area contributed by atoms with Crippen LogP contribution in [-0.2, 0) is 9.53 Å². The Bertz CT molecular complexity index is 418. The molecule has 1 rings (SSSR count). The second-order valence-corrected chi connectivity index (χ2v) is 3.44. The van der Waals surface area contributed by atoms with Crippen LogP contribution in [0.4, 0.5) is 11.4 Å². The summed E-state index contributed by atoms with van der Waals surface area (Å²) in [5, 5.41) is 22.2. The molecule has 2 N–H and O–H groups in total. The van der Waals surface area contributed by atoms with E-state index in [0.29, 0.717) is 5.69 Å². The molecule has 0 radical (unpaired) electrons. The zero-order valence-electron chi connectivity index (χ0n) is 9.83. The summed E-state index contributed by atoms with van der Waals surface area (Å²) in [5.74, 6) is -0.571. The zero-order valence-corrected chi connectivity index (χ0v) is 9.83. The SMILES string of the molecule is CCOC(=O)[C@H](CO)Nc1ccc([N+](=O)[O-])cc1. The molecule has 0 heterocycles. The first-order valence-corrected chi connectivity index (χ1v) is 5.37. The number of anilines is 1. The van der Waals surface area contributed by atoms with Gasteiger partial charge in [0.15, 0.2) is 0 Å². The van der Waals surface area contributed by atoms with Crippen molar-refractivity contribution in [3.8, 4) is 0 Å². The highest BCUT2D eigenvalue weighted by Gasteiger charge is 2.18. The lowest BCUT2D eigenvalue weighted by Crippen LogP contribution is -2.34. The maximum Gasteiger partial charge on any atom is 0.330 e. The van der Waals surface area contributed by atoms with Crippen LogP contribution in [0, 0.1) is 10.1 Å². The van der Waals surface area contributed by atoms with E-state index in [4.69, 9.17) is 9.84 Å². The number of hydrogen-bond acceptors (Lipinski definition) is 6. The normalized spacial score (nSPS) is 11.7. The molecule has 0 amide bonds. The number of benzene rings is 1. The number of aliphatic hydroxyl groups is 1.